The molecule has 8 nitrogen and oxygen atoms in total. The van der Waals surface area contributed by atoms with E-state index in [2.05, 4.69) is 5.32 Å². The lowest BCUT2D eigenvalue weighted by Gasteiger charge is -2.23. The van der Waals surface area contributed by atoms with E-state index >= 15 is 0 Å². The Bertz CT molecular complexity index is 1040. The number of methoxy groups -OCH3 is 1. The maximum atomic E-state index is 12.9. The molecular weight excluding hydrogens is 406 g/mol. The Labute approximate surface area is 176 Å². The fourth-order valence-corrected chi connectivity index (χ4v) is 3.45. The topological polar surface area (TPSA) is 102 Å². The molecule has 2 aromatic carbocycles. The van der Waals surface area contributed by atoms with Gasteiger partial charge in [0.1, 0.15) is 5.75 Å². The van der Waals surface area contributed by atoms with E-state index in [1.807, 2.05) is 17.5 Å². The minimum absolute atomic E-state index is 0.117. The average molecular weight is 425 g/mol. The van der Waals surface area contributed by atoms with Crippen molar-refractivity contribution in [2.45, 2.75) is 6.54 Å². The van der Waals surface area contributed by atoms with Gasteiger partial charge in [-0.3, -0.25) is 19.7 Å². The minimum atomic E-state index is -0.575. The van der Waals surface area contributed by atoms with Gasteiger partial charge in [-0.15, -0.1) is 11.3 Å². The number of nitrogens with one attached hydrogen (secondary N) is 1. The molecule has 0 bridgehead atoms. The first-order chi connectivity index (χ1) is 14.5. The Morgan fingerprint density at radius 2 is 1.90 bits per heavy atom. The lowest BCUT2D eigenvalue weighted by Crippen LogP contribution is -2.39. The molecule has 0 aliphatic rings. The van der Waals surface area contributed by atoms with Crippen LogP contribution in [-0.4, -0.2) is 30.4 Å². The summed E-state index contributed by atoms with van der Waals surface area (Å²) in [6.07, 6.45) is 0. The number of rotatable bonds is 8. The minimum Gasteiger partial charge on any atom is -0.497 e. The van der Waals surface area contributed by atoms with Crippen LogP contribution in [0.4, 0.5) is 11.4 Å². The molecule has 0 atom stereocenters. The maximum Gasteiger partial charge on any atom is 0.270 e. The van der Waals surface area contributed by atoms with Crippen LogP contribution in [0, 0.1) is 10.1 Å². The van der Waals surface area contributed by atoms with Crippen LogP contribution in [0.5, 0.6) is 5.75 Å². The first kappa shape index (κ1) is 21.0. The van der Waals surface area contributed by atoms with E-state index in [1.54, 1.807) is 36.3 Å². The molecule has 1 aromatic heterocycles. The van der Waals surface area contributed by atoms with Crippen molar-refractivity contribution in [3.8, 4) is 5.75 Å². The smallest absolute Gasteiger partial charge is 0.270 e. The van der Waals surface area contributed by atoms with Crippen LogP contribution in [0.2, 0.25) is 0 Å². The second kappa shape index (κ2) is 9.66. The number of non-ortho nitro benzene ring substituents is 1. The molecule has 0 aliphatic carbocycles. The van der Waals surface area contributed by atoms with Gasteiger partial charge in [0.25, 0.3) is 11.6 Å². The number of hydrogen-bond acceptors (Lipinski definition) is 6. The van der Waals surface area contributed by atoms with Crippen molar-refractivity contribution in [2.75, 3.05) is 18.6 Å². The number of nitro groups is 1. The lowest BCUT2D eigenvalue weighted by molar-refractivity contribution is -0.384. The first-order valence-corrected chi connectivity index (χ1v) is 9.85. The van der Waals surface area contributed by atoms with Crippen LogP contribution in [0.3, 0.4) is 0 Å². The monoisotopic (exact) mass is 425 g/mol. The van der Waals surface area contributed by atoms with Gasteiger partial charge in [0.2, 0.25) is 5.91 Å². The summed E-state index contributed by atoms with van der Waals surface area (Å²) in [5.41, 5.74) is 0.594. The van der Waals surface area contributed by atoms with Crippen LogP contribution in [0.15, 0.2) is 66.0 Å². The summed E-state index contributed by atoms with van der Waals surface area (Å²) in [4.78, 5) is 38.1. The number of hydrogen-bond donors (Lipinski definition) is 1. The van der Waals surface area contributed by atoms with Gasteiger partial charge in [-0.1, -0.05) is 12.1 Å². The van der Waals surface area contributed by atoms with Crippen molar-refractivity contribution in [3.05, 3.63) is 86.6 Å². The Hall–Kier alpha value is -3.72. The predicted octanol–water partition coefficient (Wildman–Crippen LogP) is 3.63. The van der Waals surface area contributed by atoms with E-state index in [-0.39, 0.29) is 23.7 Å². The molecule has 0 radical (unpaired) electrons. The molecule has 1 N–H and O–H groups in total. The third kappa shape index (κ3) is 5.21. The van der Waals surface area contributed by atoms with E-state index in [0.29, 0.717) is 18.0 Å². The summed E-state index contributed by atoms with van der Waals surface area (Å²) >= 11 is 1.53. The maximum absolute atomic E-state index is 12.9. The van der Waals surface area contributed by atoms with Crippen molar-refractivity contribution < 1.29 is 19.2 Å². The van der Waals surface area contributed by atoms with Crippen molar-refractivity contribution in [3.63, 3.8) is 0 Å². The van der Waals surface area contributed by atoms with E-state index < -0.39 is 10.8 Å². The van der Waals surface area contributed by atoms with Gasteiger partial charge in [-0.2, -0.15) is 0 Å². The van der Waals surface area contributed by atoms with Crippen LogP contribution in [-0.2, 0) is 11.3 Å². The molecule has 0 unspecified atom stereocenters. The van der Waals surface area contributed by atoms with Crippen LogP contribution in [0.25, 0.3) is 0 Å². The highest BCUT2D eigenvalue weighted by molar-refractivity contribution is 7.09. The second-order valence-electron chi connectivity index (χ2n) is 6.25. The van der Waals surface area contributed by atoms with E-state index in [0.717, 1.165) is 4.88 Å². The van der Waals surface area contributed by atoms with Gasteiger partial charge >= 0.3 is 0 Å². The zero-order chi connectivity index (χ0) is 21.5. The highest BCUT2D eigenvalue weighted by Crippen LogP contribution is 2.23. The normalized spacial score (nSPS) is 10.3. The van der Waals surface area contributed by atoms with E-state index in [9.17, 15) is 19.7 Å². The van der Waals surface area contributed by atoms with Crippen molar-refractivity contribution >= 4 is 34.5 Å². The van der Waals surface area contributed by atoms with Crippen molar-refractivity contribution in [2.24, 2.45) is 0 Å². The molecule has 0 saturated carbocycles. The zero-order valence-electron chi connectivity index (χ0n) is 16.1. The molecule has 0 aliphatic heterocycles. The average Bonchev–Trinajstić information content (AvgIpc) is 3.29. The standard InChI is InChI=1S/C21H19N3O5S/c1-29-18-9-7-16(8-10-18)23(14-19-6-3-11-30-19)20(25)13-22-21(26)15-4-2-5-17(12-15)24(27)28/h2-12H,13-14H2,1H3,(H,22,26). The summed E-state index contributed by atoms with van der Waals surface area (Å²) < 4.78 is 5.16. The molecule has 3 aromatic rings. The number of thiophene rings is 1. The fourth-order valence-electron chi connectivity index (χ4n) is 2.76. The van der Waals surface area contributed by atoms with Gasteiger partial charge in [-0.25, -0.2) is 0 Å². The number of benzene rings is 2. The number of carbonyl (C=O) groups is 2. The molecular formula is C21H19N3O5S. The summed E-state index contributed by atoms with van der Waals surface area (Å²) in [5.74, 6) is -0.202. The molecule has 9 heteroatoms. The number of carbonyl (C=O) groups excluding carboxylic acids is 2. The molecule has 154 valence electrons. The molecule has 1 heterocycles. The summed E-state index contributed by atoms with van der Waals surface area (Å²) in [6.45, 7) is 0.106. The molecule has 0 saturated heterocycles. The summed E-state index contributed by atoms with van der Waals surface area (Å²) in [5, 5.41) is 15.4. The molecule has 0 spiro atoms. The third-order valence-corrected chi connectivity index (χ3v) is 5.16. The fraction of sp³-hybridized carbons (Fsp3) is 0.143. The molecule has 0 fully saturated rings. The quantitative estimate of drug-likeness (QED) is 0.439. The lowest BCUT2D eigenvalue weighted by atomic mass is 10.2. The highest BCUT2D eigenvalue weighted by Gasteiger charge is 2.19. The molecule has 2 amide bonds. The van der Waals surface area contributed by atoms with Gasteiger partial charge in [0.05, 0.1) is 25.1 Å². The van der Waals surface area contributed by atoms with Gasteiger partial charge in [0, 0.05) is 28.3 Å². The van der Waals surface area contributed by atoms with Gasteiger partial charge in [0.15, 0.2) is 0 Å². The van der Waals surface area contributed by atoms with Crippen LogP contribution >= 0.6 is 11.3 Å². The van der Waals surface area contributed by atoms with Crippen LogP contribution < -0.4 is 15.0 Å². The number of amides is 2. The number of nitrogens with zero attached hydrogens (tertiary/aromatic N) is 2. The highest BCUT2D eigenvalue weighted by atomic mass is 32.1. The Morgan fingerprint density at radius 1 is 1.13 bits per heavy atom. The van der Waals surface area contributed by atoms with Crippen molar-refractivity contribution in [1.82, 2.24) is 5.32 Å². The van der Waals surface area contributed by atoms with E-state index in [1.165, 1.54) is 35.6 Å². The number of anilines is 1. The first-order valence-electron chi connectivity index (χ1n) is 8.97. The number of nitro benzene ring substituents is 1. The van der Waals surface area contributed by atoms with Crippen LogP contribution in [0.1, 0.15) is 15.2 Å². The predicted molar refractivity (Wildman–Crippen MR) is 114 cm³/mol. The number of ether oxygens (including phenoxy) is 1. The Kier molecular flexibility index (Phi) is 6.76. The largest absolute Gasteiger partial charge is 0.497 e. The molecule has 3 rings (SSSR count). The van der Waals surface area contributed by atoms with E-state index in [4.69, 9.17) is 4.74 Å². The van der Waals surface area contributed by atoms with Gasteiger partial charge < -0.3 is 15.0 Å². The third-order valence-electron chi connectivity index (χ3n) is 4.30. The van der Waals surface area contributed by atoms with Crippen molar-refractivity contribution in [1.29, 1.82) is 0 Å². The van der Waals surface area contributed by atoms with Gasteiger partial charge in [-0.05, 0) is 41.8 Å². The second-order valence-corrected chi connectivity index (χ2v) is 7.28. The Balaban J connectivity index is 1.73. The zero-order valence-corrected chi connectivity index (χ0v) is 16.9. The Morgan fingerprint density at radius 3 is 2.53 bits per heavy atom. The SMILES string of the molecule is COc1ccc(N(Cc2cccs2)C(=O)CNC(=O)c2cccc([N+](=O)[O-])c2)cc1. The summed E-state index contributed by atoms with van der Waals surface area (Å²) in [6, 6.07) is 16.2. The molecule has 30 heavy (non-hydrogen) atoms. The summed E-state index contributed by atoms with van der Waals surface area (Å²) in [7, 11) is 1.56.